The van der Waals surface area contributed by atoms with Gasteiger partial charge in [0.1, 0.15) is 0 Å². The van der Waals surface area contributed by atoms with Crippen molar-refractivity contribution in [1.82, 2.24) is 4.98 Å². The second kappa shape index (κ2) is 5.67. The molecule has 2 heterocycles. The van der Waals surface area contributed by atoms with Gasteiger partial charge in [-0.15, -0.1) is 0 Å². The summed E-state index contributed by atoms with van der Waals surface area (Å²) in [6, 6.07) is 20.6. The van der Waals surface area contributed by atoms with E-state index >= 15 is 0 Å². The molecule has 0 atom stereocenters. The van der Waals surface area contributed by atoms with Gasteiger partial charge in [0.15, 0.2) is 0 Å². The molecule has 2 nitrogen and oxygen atoms in total. The molecular weight excluding hydrogens is 252 g/mol. The van der Waals surface area contributed by atoms with Crippen LogP contribution in [0, 0.1) is 0 Å². The first-order chi connectivity index (χ1) is 9.43. The van der Waals surface area contributed by atoms with Crippen molar-refractivity contribution in [2.45, 2.75) is 9.79 Å². The van der Waals surface area contributed by atoms with Gasteiger partial charge < -0.3 is 10.3 Å². The van der Waals surface area contributed by atoms with Gasteiger partial charge in [0.05, 0.1) is 11.4 Å². The smallest absolute Gasteiger partial charge is 0.0526 e. The monoisotopic (exact) mass is 266 g/mol. The summed E-state index contributed by atoms with van der Waals surface area (Å²) >= 11 is 1.82. The second-order valence-corrected chi connectivity index (χ2v) is 5.19. The van der Waals surface area contributed by atoms with Crippen molar-refractivity contribution in [1.29, 1.82) is 0 Å². The molecule has 4 rings (SSSR count). The number of benzene rings is 2. The average Bonchev–Trinajstić information content (AvgIpc) is 3.04. The summed E-state index contributed by atoms with van der Waals surface area (Å²) in [5.41, 5.74) is 2.41. The first-order valence-corrected chi connectivity index (χ1v) is 6.96. The predicted octanol–water partition coefficient (Wildman–Crippen LogP) is 4.91. The summed E-state index contributed by atoms with van der Waals surface area (Å²) in [5, 5.41) is 3.42. The molecule has 0 spiro atoms. The van der Waals surface area contributed by atoms with Crippen LogP contribution in [0.2, 0.25) is 0 Å². The number of hydrogen-bond acceptors (Lipinski definition) is 2. The topological polar surface area (TPSA) is 27.8 Å². The van der Waals surface area contributed by atoms with Gasteiger partial charge in [-0.2, -0.15) is 0 Å². The standard InChI is InChI=1S/C12H9NS.C4H5N/c1-3-7-11-9(5-1)13-10-6-2-4-8-12(10)14-11;1-2-4-5-3-1/h1-8,13H;1-5H. The minimum atomic E-state index is 1.20. The number of anilines is 2. The van der Waals surface area contributed by atoms with E-state index in [2.05, 4.69) is 58.8 Å². The van der Waals surface area contributed by atoms with Gasteiger partial charge in [-0.1, -0.05) is 36.0 Å². The molecule has 3 heteroatoms. The molecule has 2 N–H and O–H groups in total. The Balaban J connectivity index is 0.000000187. The fourth-order valence-electron chi connectivity index (χ4n) is 1.86. The maximum atomic E-state index is 3.42. The van der Waals surface area contributed by atoms with Crippen molar-refractivity contribution in [2.75, 3.05) is 5.32 Å². The number of hydrogen-bond donors (Lipinski definition) is 2. The molecule has 0 bridgehead atoms. The summed E-state index contributed by atoms with van der Waals surface area (Å²) in [6.07, 6.45) is 3.75. The third-order valence-corrected chi connectivity index (χ3v) is 3.91. The van der Waals surface area contributed by atoms with Crippen molar-refractivity contribution in [3.8, 4) is 0 Å². The van der Waals surface area contributed by atoms with Gasteiger partial charge in [-0.05, 0) is 36.4 Å². The molecule has 0 fully saturated rings. The number of rotatable bonds is 0. The van der Waals surface area contributed by atoms with Crippen molar-refractivity contribution >= 4 is 23.1 Å². The molecule has 0 aliphatic carbocycles. The quantitative estimate of drug-likeness (QED) is 0.473. The lowest BCUT2D eigenvalue weighted by molar-refractivity contribution is 1.32. The number of nitrogens with one attached hydrogen (secondary N) is 2. The average molecular weight is 266 g/mol. The van der Waals surface area contributed by atoms with E-state index in [0.717, 1.165) is 0 Å². The fraction of sp³-hybridized carbons (Fsp3) is 0. The van der Waals surface area contributed by atoms with E-state index in [0.29, 0.717) is 0 Å². The number of aromatic nitrogens is 1. The maximum Gasteiger partial charge on any atom is 0.0526 e. The Morgan fingerprint density at radius 3 is 1.63 bits per heavy atom. The summed E-state index contributed by atoms with van der Waals surface area (Å²) in [7, 11) is 0. The lowest BCUT2D eigenvalue weighted by Gasteiger charge is -2.19. The fourth-order valence-corrected chi connectivity index (χ4v) is 2.85. The Morgan fingerprint density at radius 2 is 1.16 bits per heavy atom. The number of para-hydroxylation sites is 2. The Hall–Kier alpha value is -2.13. The lowest BCUT2D eigenvalue weighted by Crippen LogP contribution is -1.98. The molecule has 1 aromatic heterocycles. The van der Waals surface area contributed by atoms with E-state index in [-0.39, 0.29) is 0 Å². The van der Waals surface area contributed by atoms with Crippen LogP contribution >= 0.6 is 11.8 Å². The highest BCUT2D eigenvalue weighted by atomic mass is 32.2. The van der Waals surface area contributed by atoms with Crippen molar-refractivity contribution in [3.63, 3.8) is 0 Å². The molecule has 0 unspecified atom stereocenters. The molecule has 1 aliphatic rings. The number of fused-ring (bicyclic) bond motifs is 2. The molecule has 0 radical (unpaired) electrons. The largest absolute Gasteiger partial charge is 0.368 e. The Kier molecular flexibility index (Phi) is 3.56. The van der Waals surface area contributed by atoms with Crippen LogP contribution in [0.5, 0.6) is 0 Å². The van der Waals surface area contributed by atoms with Crippen LogP contribution in [-0.4, -0.2) is 4.98 Å². The van der Waals surface area contributed by atoms with E-state index in [1.807, 2.05) is 36.3 Å². The first-order valence-electron chi connectivity index (χ1n) is 6.14. The van der Waals surface area contributed by atoms with E-state index < -0.39 is 0 Å². The zero-order valence-corrected chi connectivity index (χ0v) is 11.2. The normalized spacial score (nSPS) is 11.4. The van der Waals surface area contributed by atoms with Crippen LogP contribution in [-0.2, 0) is 0 Å². The van der Waals surface area contributed by atoms with Gasteiger partial charge in [-0.3, -0.25) is 0 Å². The van der Waals surface area contributed by atoms with E-state index in [1.54, 1.807) is 0 Å². The molecule has 1 aliphatic heterocycles. The highest BCUT2D eigenvalue weighted by molar-refractivity contribution is 7.99. The summed E-state index contributed by atoms with van der Waals surface area (Å²) in [4.78, 5) is 5.46. The molecule has 3 aromatic rings. The van der Waals surface area contributed by atoms with Gasteiger partial charge in [-0.25, -0.2) is 0 Å². The zero-order chi connectivity index (χ0) is 12.9. The third kappa shape index (κ3) is 2.83. The maximum absolute atomic E-state index is 3.42. The first kappa shape index (κ1) is 11.9. The summed E-state index contributed by atoms with van der Waals surface area (Å²) < 4.78 is 0. The van der Waals surface area contributed by atoms with Crippen LogP contribution < -0.4 is 5.32 Å². The molecular formula is C16H14N2S. The second-order valence-electron chi connectivity index (χ2n) is 4.10. The minimum Gasteiger partial charge on any atom is -0.368 e. The minimum absolute atomic E-state index is 1.20. The summed E-state index contributed by atoms with van der Waals surface area (Å²) in [5.74, 6) is 0. The van der Waals surface area contributed by atoms with E-state index in [4.69, 9.17) is 0 Å². The van der Waals surface area contributed by atoms with E-state index in [9.17, 15) is 0 Å². The Bertz CT molecular complexity index is 543. The molecule has 94 valence electrons. The van der Waals surface area contributed by atoms with Crippen molar-refractivity contribution in [3.05, 3.63) is 73.1 Å². The Labute approximate surface area is 116 Å². The predicted molar refractivity (Wildman–Crippen MR) is 81.1 cm³/mol. The van der Waals surface area contributed by atoms with Gasteiger partial charge >= 0.3 is 0 Å². The van der Waals surface area contributed by atoms with Gasteiger partial charge in [0, 0.05) is 22.2 Å². The molecule has 0 saturated carbocycles. The molecule has 19 heavy (non-hydrogen) atoms. The van der Waals surface area contributed by atoms with E-state index in [1.165, 1.54) is 21.2 Å². The lowest BCUT2D eigenvalue weighted by atomic mass is 10.2. The van der Waals surface area contributed by atoms with Gasteiger partial charge in [0.2, 0.25) is 0 Å². The van der Waals surface area contributed by atoms with Crippen LogP contribution in [0.15, 0.2) is 82.8 Å². The molecule has 0 saturated heterocycles. The number of H-pyrrole nitrogens is 1. The highest BCUT2D eigenvalue weighted by Crippen LogP contribution is 2.43. The molecule has 0 amide bonds. The SMILES string of the molecule is c1cc[nH]c1.c1ccc2c(c1)Nc1ccccc1S2. The van der Waals surface area contributed by atoms with Crippen molar-refractivity contribution < 1.29 is 0 Å². The highest BCUT2D eigenvalue weighted by Gasteiger charge is 2.13. The van der Waals surface area contributed by atoms with Crippen molar-refractivity contribution in [2.24, 2.45) is 0 Å². The van der Waals surface area contributed by atoms with Gasteiger partial charge in [0.25, 0.3) is 0 Å². The Morgan fingerprint density at radius 1 is 0.632 bits per heavy atom. The van der Waals surface area contributed by atoms with Crippen LogP contribution in [0.4, 0.5) is 11.4 Å². The molecule has 2 aromatic carbocycles. The zero-order valence-electron chi connectivity index (χ0n) is 10.3. The summed E-state index contributed by atoms with van der Waals surface area (Å²) in [6.45, 7) is 0. The van der Waals surface area contributed by atoms with Crippen LogP contribution in [0.25, 0.3) is 0 Å². The van der Waals surface area contributed by atoms with Crippen LogP contribution in [0.3, 0.4) is 0 Å². The third-order valence-electron chi connectivity index (χ3n) is 2.76. The van der Waals surface area contributed by atoms with Crippen LogP contribution in [0.1, 0.15) is 0 Å². The number of aromatic amines is 1.